The number of ether oxygens (including phenoxy) is 1. The first kappa shape index (κ1) is 19.5. The molecule has 148 valence electrons. The topological polar surface area (TPSA) is 78.9 Å². The monoisotopic (exact) mass is 427 g/mol. The van der Waals surface area contributed by atoms with Crippen LogP contribution in [0.2, 0.25) is 5.02 Å². The van der Waals surface area contributed by atoms with Crippen LogP contribution in [0.3, 0.4) is 0 Å². The van der Waals surface area contributed by atoms with Crippen molar-refractivity contribution in [1.82, 2.24) is 24.9 Å². The van der Waals surface area contributed by atoms with Crippen LogP contribution in [-0.4, -0.2) is 32.0 Å². The number of rotatable bonds is 7. The van der Waals surface area contributed by atoms with E-state index in [1.165, 1.54) is 11.8 Å². The minimum atomic E-state index is 0.401. The number of methoxy groups -OCH3 is 1. The Kier molecular flexibility index (Phi) is 5.82. The second-order valence-corrected chi connectivity index (χ2v) is 7.38. The van der Waals surface area contributed by atoms with E-state index in [1.54, 1.807) is 13.2 Å². The van der Waals surface area contributed by atoms with Gasteiger partial charge in [0.05, 0.1) is 29.0 Å². The molecule has 0 amide bonds. The van der Waals surface area contributed by atoms with Crippen LogP contribution >= 0.6 is 23.4 Å². The Morgan fingerprint density at radius 2 is 1.83 bits per heavy atom. The van der Waals surface area contributed by atoms with Gasteiger partial charge in [0.25, 0.3) is 5.89 Å². The molecule has 2 aromatic heterocycles. The fourth-order valence-corrected chi connectivity index (χ4v) is 3.96. The molecular weight excluding hydrogens is 410 g/mol. The molecule has 0 aliphatic carbocycles. The lowest BCUT2D eigenvalue weighted by Crippen LogP contribution is -2.01. The first-order valence-corrected chi connectivity index (χ1v) is 10.3. The SMILES string of the molecule is CCn1c(SCc2noc(-c3ccccc3Cl)n2)nnc1-c1ccccc1OC. The van der Waals surface area contributed by atoms with Gasteiger partial charge >= 0.3 is 0 Å². The maximum atomic E-state index is 6.20. The molecule has 0 fully saturated rings. The van der Waals surface area contributed by atoms with Crippen LogP contribution in [0.15, 0.2) is 58.2 Å². The summed E-state index contributed by atoms with van der Waals surface area (Å²) in [4.78, 5) is 4.44. The summed E-state index contributed by atoms with van der Waals surface area (Å²) in [5, 5.41) is 14.1. The molecule has 0 saturated heterocycles. The van der Waals surface area contributed by atoms with Crippen molar-refractivity contribution < 1.29 is 9.26 Å². The van der Waals surface area contributed by atoms with Gasteiger partial charge in [-0.25, -0.2) is 0 Å². The number of hydrogen-bond donors (Lipinski definition) is 0. The highest BCUT2D eigenvalue weighted by Gasteiger charge is 2.18. The summed E-state index contributed by atoms with van der Waals surface area (Å²) in [5.41, 5.74) is 1.62. The van der Waals surface area contributed by atoms with Crippen molar-refractivity contribution in [2.75, 3.05) is 7.11 Å². The summed E-state index contributed by atoms with van der Waals surface area (Å²) in [6.07, 6.45) is 0. The van der Waals surface area contributed by atoms with E-state index >= 15 is 0 Å². The average molecular weight is 428 g/mol. The number of hydrogen-bond acceptors (Lipinski definition) is 7. The maximum absolute atomic E-state index is 6.20. The van der Waals surface area contributed by atoms with Gasteiger partial charge in [0, 0.05) is 6.54 Å². The van der Waals surface area contributed by atoms with Crippen LogP contribution in [0.1, 0.15) is 12.7 Å². The van der Waals surface area contributed by atoms with E-state index in [2.05, 4.69) is 27.3 Å². The van der Waals surface area contributed by atoms with Crippen LogP contribution in [0.25, 0.3) is 22.8 Å². The Labute approximate surface area is 177 Å². The van der Waals surface area contributed by atoms with Gasteiger partial charge in [-0.05, 0) is 31.2 Å². The normalized spacial score (nSPS) is 11.0. The van der Waals surface area contributed by atoms with Crippen molar-refractivity contribution in [3.8, 4) is 28.6 Å². The van der Waals surface area contributed by atoms with E-state index in [9.17, 15) is 0 Å². The number of benzene rings is 2. The fourth-order valence-electron chi connectivity index (χ4n) is 2.89. The van der Waals surface area contributed by atoms with Gasteiger partial charge in [-0.1, -0.05) is 52.8 Å². The van der Waals surface area contributed by atoms with Crippen molar-refractivity contribution in [3.63, 3.8) is 0 Å². The van der Waals surface area contributed by atoms with Crippen LogP contribution in [0, 0.1) is 0 Å². The summed E-state index contributed by atoms with van der Waals surface area (Å²) in [5.74, 6) is 2.98. The van der Waals surface area contributed by atoms with Gasteiger partial charge < -0.3 is 13.8 Å². The summed E-state index contributed by atoms with van der Waals surface area (Å²) in [6, 6.07) is 15.1. The van der Waals surface area contributed by atoms with Gasteiger partial charge in [-0.2, -0.15) is 4.98 Å². The second-order valence-electron chi connectivity index (χ2n) is 6.04. The van der Waals surface area contributed by atoms with Gasteiger partial charge in [0.1, 0.15) is 5.75 Å². The van der Waals surface area contributed by atoms with Crippen molar-refractivity contribution >= 4 is 23.4 Å². The van der Waals surface area contributed by atoms with Crippen LogP contribution in [-0.2, 0) is 12.3 Å². The van der Waals surface area contributed by atoms with Gasteiger partial charge in [0.2, 0.25) is 0 Å². The van der Waals surface area contributed by atoms with Crippen LogP contribution < -0.4 is 4.74 Å². The minimum absolute atomic E-state index is 0.401. The molecule has 0 unspecified atom stereocenters. The lowest BCUT2D eigenvalue weighted by molar-refractivity contribution is 0.416. The maximum Gasteiger partial charge on any atom is 0.259 e. The zero-order valence-electron chi connectivity index (χ0n) is 15.9. The standard InChI is InChI=1S/C20H18ClN5O2S/c1-3-26-18(14-9-5-7-11-16(14)27-2)23-24-20(26)29-12-17-22-19(28-25-17)13-8-4-6-10-15(13)21/h4-11H,3,12H2,1-2H3. The quantitative estimate of drug-likeness (QED) is 0.385. The molecular formula is C20H18ClN5O2S. The Bertz CT molecular complexity index is 1130. The summed E-state index contributed by atoms with van der Waals surface area (Å²) < 4.78 is 12.9. The number of thioether (sulfide) groups is 1. The fraction of sp³-hybridized carbons (Fsp3) is 0.200. The lowest BCUT2D eigenvalue weighted by Gasteiger charge is -2.09. The number of aromatic nitrogens is 5. The molecule has 0 N–H and O–H groups in total. The van der Waals surface area contributed by atoms with E-state index < -0.39 is 0 Å². The number of halogens is 1. The predicted octanol–water partition coefficient (Wildman–Crippen LogP) is 4.97. The third-order valence-electron chi connectivity index (χ3n) is 4.28. The van der Waals surface area contributed by atoms with E-state index in [0.717, 1.165) is 28.8 Å². The molecule has 4 aromatic rings. The molecule has 0 spiro atoms. The largest absolute Gasteiger partial charge is 0.496 e. The summed E-state index contributed by atoms with van der Waals surface area (Å²) in [7, 11) is 1.65. The smallest absolute Gasteiger partial charge is 0.259 e. The minimum Gasteiger partial charge on any atom is -0.496 e. The van der Waals surface area contributed by atoms with Crippen molar-refractivity contribution in [3.05, 3.63) is 59.4 Å². The number of nitrogens with zero attached hydrogens (tertiary/aromatic N) is 5. The second kappa shape index (κ2) is 8.67. The Morgan fingerprint density at radius 1 is 1.07 bits per heavy atom. The van der Waals surface area contributed by atoms with Crippen molar-refractivity contribution in [1.29, 1.82) is 0 Å². The number of para-hydroxylation sites is 1. The molecule has 0 aliphatic rings. The molecule has 2 aromatic carbocycles. The molecule has 2 heterocycles. The highest BCUT2D eigenvalue weighted by atomic mass is 35.5. The van der Waals surface area contributed by atoms with E-state index in [1.807, 2.05) is 47.0 Å². The van der Waals surface area contributed by atoms with Crippen molar-refractivity contribution in [2.45, 2.75) is 24.4 Å². The summed E-state index contributed by atoms with van der Waals surface area (Å²) in [6.45, 7) is 2.77. The van der Waals surface area contributed by atoms with E-state index in [-0.39, 0.29) is 0 Å². The molecule has 9 heteroatoms. The molecule has 0 aliphatic heterocycles. The molecule has 7 nitrogen and oxygen atoms in total. The Balaban J connectivity index is 1.54. The van der Waals surface area contributed by atoms with Gasteiger partial charge in [0.15, 0.2) is 16.8 Å². The molecule has 0 radical (unpaired) electrons. The molecule has 0 bridgehead atoms. The average Bonchev–Trinajstić information content (AvgIpc) is 3.39. The zero-order chi connectivity index (χ0) is 20.2. The first-order chi connectivity index (χ1) is 14.2. The van der Waals surface area contributed by atoms with Gasteiger partial charge in [-0.15, -0.1) is 10.2 Å². The van der Waals surface area contributed by atoms with E-state index in [4.69, 9.17) is 20.9 Å². The van der Waals surface area contributed by atoms with Gasteiger partial charge in [-0.3, -0.25) is 0 Å². The lowest BCUT2D eigenvalue weighted by atomic mass is 10.2. The predicted molar refractivity (Wildman–Crippen MR) is 112 cm³/mol. The van der Waals surface area contributed by atoms with Crippen LogP contribution in [0.5, 0.6) is 5.75 Å². The van der Waals surface area contributed by atoms with Crippen molar-refractivity contribution in [2.24, 2.45) is 0 Å². The van der Waals surface area contributed by atoms with Crippen LogP contribution in [0.4, 0.5) is 0 Å². The molecule has 0 atom stereocenters. The van der Waals surface area contributed by atoms with E-state index in [0.29, 0.717) is 28.1 Å². The Hall–Kier alpha value is -2.84. The molecule has 4 rings (SSSR count). The zero-order valence-corrected chi connectivity index (χ0v) is 17.4. The summed E-state index contributed by atoms with van der Waals surface area (Å²) >= 11 is 7.70. The Morgan fingerprint density at radius 3 is 2.59 bits per heavy atom. The first-order valence-electron chi connectivity index (χ1n) is 8.98. The highest BCUT2D eigenvalue weighted by molar-refractivity contribution is 7.98. The third kappa shape index (κ3) is 3.99. The molecule has 29 heavy (non-hydrogen) atoms. The molecule has 0 saturated carbocycles. The highest BCUT2D eigenvalue weighted by Crippen LogP contribution is 2.32. The third-order valence-corrected chi connectivity index (χ3v) is 5.58.